The van der Waals surface area contributed by atoms with Crippen molar-refractivity contribution in [1.82, 2.24) is 10.2 Å². The first-order valence-corrected chi connectivity index (χ1v) is 12.8. The fourth-order valence-corrected chi connectivity index (χ4v) is 4.49. The molecule has 2 N–H and O–H groups in total. The first kappa shape index (κ1) is 30.2. The molecular weight excluding hydrogens is 490 g/mol. The smallest absolute Gasteiger partial charge is 0.408 e. The van der Waals surface area contributed by atoms with Crippen molar-refractivity contribution >= 4 is 35.2 Å². The topological polar surface area (TPSA) is 87.7 Å². The largest absolute Gasteiger partial charge is 0.444 e. The van der Waals surface area contributed by atoms with Crippen molar-refractivity contribution in [3.63, 3.8) is 0 Å². The van der Waals surface area contributed by atoms with Gasteiger partial charge in [0.15, 0.2) is 0 Å². The van der Waals surface area contributed by atoms with E-state index >= 15 is 0 Å². The summed E-state index contributed by atoms with van der Waals surface area (Å²) in [5.74, 6) is -0.821. The van der Waals surface area contributed by atoms with Crippen molar-refractivity contribution in [1.29, 1.82) is 0 Å². The van der Waals surface area contributed by atoms with Crippen molar-refractivity contribution in [3.05, 3.63) is 63.7 Å². The number of alkyl carbamates (subject to hydrolysis) is 1. The summed E-state index contributed by atoms with van der Waals surface area (Å²) in [5.41, 5.74) is 2.24. The third-order valence-electron chi connectivity index (χ3n) is 5.86. The van der Waals surface area contributed by atoms with Crippen LogP contribution in [0.15, 0.2) is 36.4 Å². The molecule has 0 aliphatic carbocycles. The van der Waals surface area contributed by atoms with Gasteiger partial charge < -0.3 is 20.3 Å². The quantitative estimate of drug-likeness (QED) is 0.448. The lowest BCUT2D eigenvalue weighted by atomic mass is 9.90. The Labute approximate surface area is 225 Å². The highest BCUT2D eigenvalue weighted by molar-refractivity contribution is 6.34. The predicted octanol–water partition coefficient (Wildman–Crippen LogP) is 6.49. The molecule has 0 bridgehead atoms. The van der Waals surface area contributed by atoms with Crippen LogP contribution in [-0.4, -0.2) is 40.0 Å². The molecular formula is C29H40ClN3O4. The van der Waals surface area contributed by atoms with E-state index in [4.69, 9.17) is 16.3 Å². The van der Waals surface area contributed by atoms with Crippen LogP contribution in [0.2, 0.25) is 5.02 Å². The van der Waals surface area contributed by atoms with E-state index in [-0.39, 0.29) is 0 Å². The van der Waals surface area contributed by atoms with Crippen molar-refractivity contribution in [2.45, 2.75) is 92.5 Å². The summed E-state index contributed by atoms with van der Waals surface area (Å²) in [6.45, 7) is 18.1. The zero-order chi connectivity index (χ0) is 28.3. The Kier molecular flexibility index (Phi) is 9.42. The van der Waals surface area contributed by atoms with E-state index in [2.05, 4.69) is 10.6 Å². The molecule has 2 atom stereocenters. The summed E-state index contributed by atoms with van der Waals surface area (Å²) < 4.78 is 5.35. The number of para-hydroxylation sites is 1. The fourth-order valence-electron chi connectivity index (χ4n) is 4.22. The van der Waals surface area contributed by atoms with Gasteiger partial charge in [-0.3, -0.25) is 9.59 Å². The third kappa shape index (κ3) is 7.71. The first-order chi connectivity index (χ1) is 16.9. The lowest BCUT2D eigenvalue weighted by molar-refractivity contribution is -0.146. The number of carbonyl (C=O) groups excluding carboxylic acids is 3. The molecule has 0 aliphatic rings. The molecule has 0 saturated carbocycles. The second-order valence-corrected chi connectivity index (χ2v) is 11.8. The lowest BCUT2D eigenvalue weighted by Crippen LogP contribution is -2.57. The molecule has 2 aromatic carbocycles. The molecule has 0 radical (unpaired) electrons. The monoisotopic (exact) mass is 529 g/mol. The Bertz CT molecular complexity index is 1120. The number of nitrogens with one attached hydrogen (secondary N) is 2. The molecule has 2 aromatic rings. The first-order valence-electron chi connectivity index (χ1n) is 12.4. The number of benzene rings is 2. The van der Waals surface area contributed by atoms with Crippen LogP contribution in [0, 0.1) is 20.8 Å². The minimum absolute atomic E-state index is 0.402. The number of nitrogens with zero attached hydrogens (tertiary/aromatic N) is 1. The maximum absolute atomic E-state index is 14.1. The summed E-state index contributed by atoms with van der Waals surface area (Å²) in [4.78, 5) is 42.0. The van der Waals surface area contributed by atoms with Gasteiger partial charge in [0.1, 0.15) is 17.7 Å². The predicted molar refractivity (Wildman–Crippen MR) is 149 cm³/mol. The number of anilines is 1. The Morgan fingerprint density at radius 3 is 1.89 bits per heavy atom. The van der Waals surface area contributed by atoms with Crippen LogP contribution in [0.4, 0.5) is 10.5 Å². The molecule has 7 nitrogen and oxygen atoms in total. The molecule has 0 fully saturated rings. The zero-order valence-electron chi connectivity index (χ0n) is 23.6. The van der Waals surface area contributed by atoms with Gasteiger partial charge in [-0.2, -0.15) is 0 Å². The zero-order valence-corrected chi connectivity index (χ0v) is 24.3. The molecule has 0 aromatic heterocycles. The Balaban J connectivity index is 2.61. The molecule has 37 heavy (non-hydrogen) atoms. The normalized spacial score (nSPS) is 13.4. The van der Waals surface area contributed by atoms with E-state index in [1.165, 1.54) is 4.90 Å². The van der Waals surface area contributed by atoms with Crippen molar-refractivity contribution < 1.29 is 19.1 Å². The molecule has 3 amide bonds. The van der Waals surface area contributed by atoms with E-state index in [1.807, 2.05) is 71.9 Å². The van der Waals surface area contributed by atoms with Gasteiger partial charge in [-0.15, -0.1) is 0 Å². The number of hydrogen-bond acceptors (Lipinski definition) is 4. The van der Waals surface area contributed by atoms with Gasteiger partial charge in [0.05, 0.1) is 10.7 Å². The second-order valence-electron chi connectivity index (χ2n) is 11.4. The molecule has 2 unspecified atom stereocenters. The number of hydrogen-bond donors (Lipinski definition) is 2. The van der Waals surface area contributed by atoms with Crippen LogP contribution in [0.5, 0.6) is 0 Å². The fraction of sp³-hybridized carbons (Fsp3) is 0.483. The molecule has 0 spiro atoms. The maximum Gasteiger partial charge on any atom is 0.408 e. The summed E-state index contributed by atoms with van der Waals surface area (Å²) in [6.07, 6.45) is -0.707. The second kappa shape index (κ2) is 11.5. The van der Waals surface area contributed by atoms with E-state index in [1.54, 1.807) is 33.8 Å². The van der Waals surface area contributed by atoms with Gasteiger partial charge >= 0.3 is 6.09 Å². The number of carbonyl (C=O) groups is 3. The van der Waals surface area contributed by atoms with E-state index in [0.29, 0.717) is 10.7 Å². The molecule has 0 heterocycles. The summed E-state index contributed by atoms with van der Waals surface area (Å²) in [7, 11) is 0. The van der Waals surface area contributed by atoms with Crippen molar-refractivity contribution in [2.24, 2.45) is 0 Å². The Morgan fingerprint density at radius 1 is 0.892 bits per heavy atom. The summed E-state index contributed by atoms with van der Waals surface area (Å²) in [5, 5.41) is 6.00. The van der Waals surface area contributed by atoms with E-state index < -0.39 is 41.1 Å². The summed E-state index contributed by atoms with van der Waals surface area (Å²) in [6, 6.07) is 9.17. The van der Waals surface area contributed by atoms with Crippen LogP contribution >= 0.6 is 11.6 Å². The highest BCUT2D eigenvalue weighted by Gasteiger charge is 2.42. The van der Waals surface area contributed by atoms with E-state index in [0.717, 1.165) is 22.3 Å². The molecule has 202 valence electrons. The van der Waals surface area contributed by atoms with Gasteiger partial charge in [-0.1, -0.05) is 41.9 Å². The van der Waals surface area contributed by atoms with Gasteiger partial charge in [0, 0.05) is 5.54 Å². The van der Waals surface area contributed by atoms with Gasteiger partial charge in [-0.05, 0) is 97.6 Å². The molecule has 0 aliphatic heterocycles. The van der Waals surface area contributed by atoms with Crippen LogP contribution in [-0.2, 0) is 14.3 Å². The van der Waals surface area contributed by atoms with Crippen LogP contribution in [0.1, 0.15) is 76.8 Å². The minimum Gasteiger partial charge on any atom is -0.444 e. The molecule has 8 heteroatoms. The molecule has 2 rings (SSSR count). The minimum atomic E-state index is -0.993. The average Bonchev–Trinajstić information content (AvgIpc) is 2.72. The number of halogens is 1. The van der Waals surface area contributed by atoms with Gasteiger partial charge in [-0.25, -0.2) is 4.79 Å². The standard InChI is InChI=1S/C29H40ClN3O4/c1-17-13-11-14-18(2)22(17)24(25(34)32-23-19(3)15-12-16-21(23)30)33(28(5,6)7)26(35)20(4)31-27(36)37-29(8,9)10/h11-16,20,24H,1-10H3,(H,31,36)(H,32,34). The Morgan fingerprint density at radius 2 is 1.41 bits per heavy atom. The third-order valence-corrected chi connectivity index (χ3v) is 6.17. The Hall–Kier alpha value is -3.06. The van der Waals surface area contributed by atoms with Crippen LogP contribution in [0.25, 0.3) is 0 Å². The van der Waals surface area contributed by atoms with Gasteiger partial charge in [0.2, 0.25) is 5.91 Å². The van der Waals surface area contributed by atoms with Crippen LogP contribution < -0.4 is 10.6 Å². The highest BCUT2D eigenvalue weighted by atomic mass is 35.5. The SMILES string of the molecule is Cc1cccc(Cl)c1NC(=O)C(c1c(C)cccc1C)N(C(=O)C(C)NC(=O)OC(C)(C)C)C(C)(C)C. The molecule has 0 saturated heterocycles. The average molecular weight is 530 g/mol. The number of aryl methyl sites for hydroxylation is 3. The van der Waals surface area contributed by atoms with Crippen molar-refractivity contribution in [3.8, 4) is 0 Å². The maximum atomic E-state index is 14.1. The number of amides is 3. The highest BCUT2D eigenvalue weighted by Crippen LogP contribution is 2.35. The lowest BCUT2D eigenvalue weighted by Gasteiger charge is -2.43. The van der Waals surface area contributed by atoms with Crippen LogP contribution in [0.3, 0.4) is 0 Å². The number of rotatable bonds is 6. The van der Waals surface area contributed by atoms with Crippen molar-refractivity contribution in [2.75, 3.05) is 5.32 Å². The van der Waals surface area contributed by atoms with E-state index in [9.17, 15) is 14.4 Å². The summed E-state index contributed by atoms with van der Waals surface area (Å²) >= 11 is 6.42. The number of ether oxygens (including phenoxy) is 1. The van der Waals surface area contributed by atoms with Gasteiger partial charge in [0.25, 0.3) is 5.91 Å².